The first kappa shape index (κ1) is 23.2. The number of amides is 1. The number of aliphatic hydroxyl groups is 1. The van der Waals surface area contributed by atoms with Gasteiger partial charge in [0.1, 0.15) is 23.1 Å². The Morgan fingerprint density at radius 2 is 1.74 bits per heavy atom. The number of Topliss-reactive ketones (excluding diaryl/α,β-unsaturated/α-hetero) is 1. The average Bonchev–Trinajstić information content (AvgIpc) is 3.08. The fraction of sp³-hybridized carbons (Fsp3) is 0.185. The summed E-state index contributed by atoms with van der Waals surface area (Å²) in [6.45, 7) is 3.90. The maximum atomic E-state index is 14.9. The molecule has 1 heterocycles. The lowest BCUT2D eigenvalue weighted by molar-refractivity contribution is -0.132. The van der Waals surface area contributed by atoms with Crippen molar-refractivity contribution in [1.82, 2.24) is 0 Å². The number of benzene rings is 3. The van der Waals surface area contributed by atoms with Gasteiger partial charge in [-0.1, -0.05) is 38.1 Å². The third-order valence-corrected chi connectivity index (χ3v) is 5.86. The van der Waals surface area contributed by atoms with Crippen LogP contribution >= 0.6 is 0 Å². The normalized spacial score (nSPS) is 17.5. The topological polar surface area (TPSA) is 66.8 Å². The monoisotopic (exact) mass is 463 g/mol. The fourth-order valence-electron chi connectivity index (χ4n) is 4.20. The van der Waals surface area contributed by atoms with Crippen molar-refractivity contribution < 1.29 is 28.2 Å². The fourth-order valence-corrected chi connectivity index (χ4v) is 4.20. The number of hydrogen-bond acceptors (Lipinski definition) is 4. The Morgan fingerprint density at radius 3 is 2.38 bits per heavy atom. The molecule has 0 radical (unpaired) electrons. The second-order valence-corrected chi connectivity index (χ2v) is 8.28. The first-order valence-electron chi connectivity index (χ1n) is 10.7. The Hall–Kier alpha value is -4.00. The SMILES string of the molecule is COc1ccc(/C(O)=C2\C(=O)C(=O)N(c3cccc(F)c3)C2c2ccccc2F)cc1C(C)C. The lowest BCUT2D eigenvalue weighted by Crippen LogP contribution is -2.30. The molecule has 174 valence electrons. The summed E-state index contributed by atoms with van der Waals surface area (Å²) in [5, 5.41) is 11.3. The summed E-state index contributed by atoms with van der Waals surface area (Å²) in [4.78, 5) is 27.3. The minimum atomic E-state index is -1.28. The lowest BCUT2D eigenvalue weighted by Gasteiger charge is -2.25. The number of aliphatic hydroxyl groups excluding tert-OH is 1. The molecule has 0 aliphatic carbocycles. The largest absolute Gasteiger partial charge is 0.507 e. The lowest BCUT2D eigenvalue weighted by atomic mass is 9.93. The number of ether oxygens (including phenoxy) is 1. The third kappa shape index (κ3) is 3.94. The van der Waals surface area contributed by atoms with E-state index < -0.39 is 35.1 Å². The molecule has 7 heteroatoms. The van der Waals surface area contributed by atoms with Gasteiger partial charge < -0.3 is 9.84 Å². The van der Waals surface area contributed by atoms with Crippen molar-refractivity contribution in [1.29, 1.82) is 0 Å². The van der Waals surface area contributed by atoms with Crippen LogP contribution in [0.1, 0.15) is 42.5 Å². The van der Waals surface area contributed by atoms with Gasteiger partial charge in [0, 0.05) is 16.8 Å². The van der Waals surface area contributed by atoms with Gasteiger partial charge in [-0.25, -0.2) is 8.78 Å². The van der Waals surface area contributed by atoms with E-state index in [4.69, 9.17) is 4.74 Å². The van der Waals surface area contributed by atoms with Gasteiger partial charge in [0.25, 0.3) is 11.7 Å². The van der Waals surface area contributed by atoms with Crippen molar-refractivity contribution in [2.75, 3.05) is 12.0 Å². The highest BCUT2D eigenvalue weighted by Crippen LogP contribution is 2.43. The number of anilines is 1. The summed E-state index contributed by atoms with van der Waals surface area (Å²) in [5.41, 5.74) is 0.868. The molecule has 1 fully saturated rings. The minimum absolute atomic E-state index is 0.00473. The average molecular weight is 463 g/mol. The van der Waals surface area contributed by atoms with Crippen LogP contribution in [0.5, 0.6) is 5.75 Å². The number of carbonyl (C=O) groups excluding carboxylic acids is 2. The van der Waals surface area contributed by atoms with E-state index in [0.29, 0.717) is 5.75 Å². The molecule has 3 aromatic carbocycles. The first-order valence-corrected chi connectivity index (χ1v) is 10.7. The molecule has 34 heavy (non-hydrogen) atoms. The molecule has 1 saturated heterocycles. The molecule has 1 amide bonds. The summed E-state index contributed by atoms with van der Waals surface area (Å²) >= 11 is 0. The zero-order valence-electron chi connectivity index (χ0n) is 18.9. The number of rotatable bonds is 5. The van der Waals surface area contributed by atoms with Crippen molar-refractivity contribution in [3.8, 4) is 5.75 Å². The van der Waals surface area contributed by atoms with Crippen LogP contribution in [0, 0.1) is 11.6 Å². The zero-order valence-corrected chi connectivity index (χ0v) is 18.9. The molecule has 5 nitrogen and oxygen atoms in total. The first-order chi connectivity index (χ1) is 16.2. The predicted octanol–water partition coefficient (Wildman–Crippen LogP) is 5.72. The van der Waals surface area contributed by atoms with Gasteiger partial charge in [0.2, 0.25) is 0 Å². The van der Waals surface area contributed by atoms with Crippen LogP contribution in [-0.4, -0.2) is 23.9 Å². The molecule has 0 aromatic heterocycles. The molecule has 1 atom stereocenters. The maximum Gasteiger partial charge on any atom is 0.300 e. The Bertz CT molecular complexity index is 1320. The van der Waals surface area contributed by atoms with E-state index in [0.717, 1.165) is 16.5 Å². The molecule has 0 spiro atoms. The summed E-state index contributed by atoms with van der Waals surface area (Å²) in [7, 11) is 1.53. The molecule has 1 N–H and O–H groups in total. The van der Waals surface area contributed by atoms with Crippen LogP contribution in [-0.2, 0) is 9.59 Å². The Labute approximate surface area is 195 Å². The number of methoxy groups -OCH3 is 1. The molecule has 0 bridgehead atoms. The second-order valence-electron chi connectivity index (χ2n) is 8.28. The molecule has 3 aromatic rings. The summed E-state index contributed by atoms with van der Waals surface area (Å²) in [6.07, 6.45) is 0. The number of nitrogens with zero attached hydrogens (tertiary/aromatic N) is 1. The van der Waals surface area contributed by atoms with Gasteiger partial charge in [-0.3, -0.25) is 14.5 Å². The van der Waals surface area contributed by atoms with Crippen LogP contribution in [0.25, 0.3) is 5.76 Å². The quantitative estimate of drug-likeness (QED) is 0.298. The Kier molecular flexibility index (Phi) is 6.20. The highest BCUT2D eigenvalue weighted by atomic mass is 19.1. The van der Waals surface area contributed by atoms with Crippen molar-refractivity contribution in [3.05, 3.63) is 101 Å². The van der Waals surface area contributed by atoms with Crippen molar-refractivity contribution >= 4 is 23.1 Å². The summed E-state index contributed by atoms with van der Waals surface area (Å²) in [5.74, 6) is -3.06. The van der Waals surface area contributed by atoms with E-state index >= 15 is 0 Å². The van der Waals surface area contributed by atoms with E-state index in [-0.39, 0.29) is 28.3 Å². The highest BCUT2D eigenvalue weighted by molar-refractivity contribution is 6.51. The van der Waals surface area contributed by atoms with Crippen molar-refractivity contribution in [2.45, 2.75) is 25.8 Å². The van der Waals surface area contributed by atoms with E-state index in [1.165, 1.54) is 43.5 Å². The minimum Gasteiger partial charge on any atom is -0.507 e. The molecular formula is C27H23F2NO4. The van der Waals surface area contributed by atoms with E-state index in [2.05, 4.69) is 0 Å². The van der Waals surface area contributed by atoms with Gasteiger partial charge in [-0.05, 0) is 53.9 Å². The van der Waals surface area contributed by atoms with Gasteiger partial charge in [0.05, 0.1) is 18.7 Å². The van der Waals surface area contributed by atoms with Gasteiger partial charge in [-0.2, -0.15) is 0 Å². The van der Waals surface area contributed by atoms with Crippen LogP contribution < -0.4 is 9.64 Å². The molecule has 0 saturated carbocycles. The van der Waals surface area contributed by atoms with Gasteiger partial charge in [0.15, 0.2) is 0 Å². The highest BCUT2D eigenvalue weighted by Gasteiger charge is 2.48. The summed E-state index contributed by atoms with van der Waals surface area (Å²) < 4.78 is 34.3. The number of ketones is 1. The predicted molar refractivity (Wildman–Crippen MR) is 125 cm³/mol. The molecule has 1 unspecified atom stereocenters. The molecular weight excluding hydrogens is 440 g/mol. The van der Waals surface area contributed by atoms with Crippen molar-refractivity contribution in [2.24, 2.45) is 0 Å². The Morgan fingerprint density at radius 1 is 1.00 bits per heavy atom. The van der Waals surface area contributed by atoms with Crippen LogP contribution in [0.15, 0.2) is 72.3 Å². The van der Waals surface area contributed by atoms with Crippen LogP contribution in [0.2, 0.25) is 0 Å². The standard InChI is InChI=1S/C27H23F2NO4/c1-15(2)20-13-16(11-12-22(20)34-3)25(31)23-24(19-9-4-5-10-21(19)29)30(27(33)26(23)32)18-8-6-7-17(28)14-18/h4-15,24,31H,1-3H3/b25-23+. The third-order valence-electron chi connectivity index (χ3n) is 5.86. The zero-order chi connectivity index (χ0) is 24.6. The second kappa shape index (κ2) is 9.09. The van der Waals surface area contributed by atoms with E-state index in [1.54, 1.807) is 24.3 Å². The summed E-state index contributed by atoms with van der Waals surface area (Å²) in [6, 6.07) is 14.4. The van der Waals surface area contributed by atoms with Crippen LogP contribution in [0.3, 0.4) is 0 Å². The molecule has 4 rings (SSSR count). The van der Waals surface area contributed by atoms with E-state index in [9.17, 15) is 23.5 Å². The molecule has 1 aliphatic heterocycles. The Balaban J connectivity index is 1.97. The van der Waals surface area contributed by atoms with Crippen LogP contribution in [0.4, 0.5) is 14.5 Å². The van der Waals surface area contributed by atoms with Crippen molar-refractivity contribution in [3.63, 3.8) is 0 Å². The number of carbonyl (C=O) groups is 2. The van der Waals surface area contributed by atoms with Gasteiger partial charge >= 0.3 is 0 Å². The number of hydrogen-bond donors (Lipinski definition) is 1. The smallest absolute Gasteiger partial charge is 0.300 e. The number of halogens is 2. The maximum absolute atomic E-state index is 14.9. The van der Waals surface area contributed by atoms with E-state index in [1.807, 2.05) is 13.8 Å². The molecule has 1 aliphatic rings. The van der Waals surface area contributed by atoms with Gasteiger partial charge in [-0.15, -0.1) is 0 Å².